The molecule has 1 amide bonds. The van der Waals surface area contributed by atoms with Gasteiger partial charge in [-0.05, 0) is 43.0 Å². The normalized spacial score (nSPS) is 16.0. The van der Waals surface area contributed by atoms with E-state index in [9.17, 15) is 14.9 Å². The zero-order valence-corrected chi connectivity index (χ0v) is 16.6. The van der Waals surface area contributed by atoms with Crippen molar-refractivity contribution in [1.82, 2.24) is 9.88 Å². The highest BCUT2D eigenvalue weighted by molar-refractivity contribution is 6.08. The van der Waals surface area contributed by atoms with Crippen molar-refractivity contribution in [2.45, 2.75) is 19.3 Å². The minimum atomic E-state index is -0.391. The summed E-state index contributed by atoms with van der Waals surface area (Å²) in [7, 11) is 0. The molecule has 30 heavy (non-hydrogen) atoms. The minimum Gasteiger partial charge on any atom is -0.368 e. The topological polar surface area (TPSA) is 79.6 Å². The van der Waals surface area contributed by atoms with Crippen LogP contribution in [0.1, 0.15) is 28.0 Å². The first-order valence-electron chi connectivity index (χ1n) is 10.3. The lowest BCUT2D eigenvalue weighted by Crippen LogP contribution is -2.49. The fourth-order valence-electron chi connectivity index (χ4n) is 4.57. The average molecular weight is 402 g/mol. The van der Waals surface area contributed by atoms with Gasteiger partial charge in [0.2, 0.25) is 0 Å². The maximum Gasteiger partial charge on any atom is 0.269 e. The van der Waals surface area contributed by atoms with Crippen molar-refractivity contribution in [1.29, 1.82) is 0 Å². The molecule has 2 aromatic carbocycles. The summed E-state index contributed by atoms with van der Waals surface area (Å²) in [6.07, 6.45) is 2.90. The number of anilines is 1. The van der Waals surface area contributed by atoms with Crippen LogP contribution in [0.3, 0.4) is 0 Å². The summed E-state index contributed by atoms with van der Waals surface area (Å²) in [5.74, 6) is 0.0927. The summed E-state index contributed by atoms with van der Waals surface area (Å²) in [4.78, 5) is 32.9. The van der Waals surface area contributed by atoms with Crippen LogP contribution >= 0.6 is 0 Å². The van der Waals surface area contributed by atoms with Gasteiger partial charge in [-0.2, -0.15) is 0 Å². The Kier molecular flexibility index (Phi) is 4.58. The SMILES string of the molecule is O=C(c1c2c(nc3ccccc13)CCC2)N1CCN(c2ccc([N+](=O)[O-])cc2)CC1. The second-order valence-corrected chi connectivity index (χ2v) is 7.84. The van der Waals surface area contributed by atoms with E-state index in [1.54, 1.807) is 12.1 Å². The lowest BCUT2D eigenvalue weighted by Gasteiger charge is -2.36. The second kappa shape index (κ2) is 7.40. The number of carbonyl (C=O) groups is 1. The monoisotopic (exact) mass is 402 g/mol. The highest BCUT2D eigenvalue weighted by Crippen LogP contribution is 2.31. The van der Waals surface area contributed by atoms with Crippen molar-refractivity contribution < 1.29 is 9.72 Å². The Morgan fingerprint density at radius 2 is 1.70 bits per heavy atom. The van der Waals surface area contributed by atoms with Crippen LogP contribution in [0.4, 0.5) is 11.4 Å². The van der Waals surface area contributed by atoms with Gasteiger partial charge in [-0.15, -0.1) is 0 Å². The van der Waals surface area contributed by atoms with Crippen LogP contribution < -0.4 is 4.90 Å². The maximum absolute atomic E-state index is 13.5. The van der Waals surface area contributed by atoms with Gasteiger partial charge in [0.05, 0.1) is 16.0 Å². The number of piperazine rings is 1. The number of benzene rings is 2. The van der Waals surface area contributed by atoms with Crippen molar-refractivity contribution in [2.24, 2.45) is 0 Å². The van der Waals surface area contributed by atoms with Gasteiger partial charge < -0.3 is 9.80 Å². The number of nitro benzene ring substituents is 1. The molecule has 1 aliphatic heterocycles. The van der Waals surface area contributed by atoms with Gasteiger partial charge in [0.15, 0.2) is 0 Å². The van der Waals surface area contributed by atoms with E-state index in [0.717, 1.165) is 52.7 Å². The smallest absolute Gasteiger partial charge is 0.269 e. The zero-order valence-electron chi connectivity index (χ0n) is 16.6. The summed E-state index contributed by atoms with van der Waals surface area (Å²) >= 11 is 0. The molecule has 2 heterocycles. The van der Waals surface area contributed by atoms with Crippen molar-refractivity contribution >= 4 is 28.2 Å². The third-order valence-electron chi connectivity index (χ3n) is 6.13. The Labute approximate surface area is 174 Å². The molecule has 1 aromatic heterocycles. The van der Waals surface area contributed by atoms with Crippen LogP contribution in [0.5, 0.6) is 0 Å². The highest BCUT2D eigenvalue weighted by atomic mass is 16.6. The number of carbonyl (C=O) groups excluding carboxylic acids is 1. The molecule has 7 heteroatoms. The van der Waals surface area contributed by atoms with E-state index in [0.29, 0.717) is 26.2 Å². The van der Waals surface area contributed by atoms with Crippen LogP contribution in [-0.4, -0.2) is 46.9 Å². The summed E-state index contributed by atoms with van der Waals surface area (Å²) < 4.78 is 0. The van der Waals surface area contributed by atoms with Crippen molar-refractivity contribution in [2.75, 3.05) is 31.1 Å². The highest BCUT2D eigenvalue weighted by Gasteiger charge is 2.29. The van der Waals surface area contributed by atoms with Gasteiger partial charge >= 0.3 is 0 Å². The molecule has 0 radical (unpaired) electrons. The quantitative estimate of drug-likeness (QED) is 0.494. The van der Waals surface area contributed by atoms with Gasteiger partial charge in [-0.25, -0.2) is 0 Å². The van der Waals surface area contributed by atoms with E-state index in [1.807, 2.05) is 29.2 Å². The molecule has 0 N–H and O–H groups in total. The fraction of sp³-hybridized carbons (Fsp3) is 0.304. The Bertz CT molecular complexity index is 1140. The third-order valence-corrected chi connectivity index (χ3v) is 6.13. The second-order valence-electron chi connectivity index (χ2n) is 7.84. The van der Waals surface area contributed by atoms with E-state index < -0.39 is 4.92 Å². The number of non-ortho nitro benzene ring substituents is 1. The average Bonchev–Trinajstić information content (AvgIpc) is 3.25. The summed E-state index contributed by atoms with van der Waals surface area (Å²) in [6.45, 7) is 2.66. The molecule has 1 saturated heterocycles. The molecule has 0 unspecified atom stereocenters. The van der Waals surface area contributed by atoms with E-state index in [1.165, 1.54) is 12.1 Å². The molecule has 0 saturated carbocycles. The molecule has 2 aliphatic rings. The number of pyridine rings is 1. The van der Waals surface area contributed by atoms with Crippen LogP contribution in [0.2, 0.25) is 0 Å². The van der Waals surface area contributed by atoms with E-state index in [4.69, 9.17) is 4.98 Å². The Hall–Kier alpha value is -3.48. The first-order chi connectivity index (χ1) is 14.6. The van der Waals surface area contributed by atoms with Crippen molar-refractivity contribution in [3.63, 3.8) is 0 Å². The number of amides is 1. The summed E-state index contributed by atoms with van der Waals surface area (Å²) in [6, 6.07) is 14.5. The molecular weight excluding hydrogens is 380 g/mol. The molecular formula is C23H22N4O3. The number of nitro groups is 1. The molecule has 7 nitrogen and oxygen atoms in total. The number of rotatable bonds is 3. The first kappa shape index (κ1) is 18.5. The van der Waals surface area contributed by atoms with Crippen molar-refractivity contribution in [3.8, 4) is 0 Å². The number of hydrogen-bond donors (Lipinski definition) is 0. The lowest BCUT2D eigenvalue weighted by molar-refractivity contribution is -0.384. The van der Waals surface area contributed by atoms with Crippen LogP contribution in [0.15, 0.2) is 48.5 Å². The third kappa shape index (κ3) is 3.16. The summed E-state index contributed by atoms with van der Waals surface area (Å²) in [5, 5.41) is 11.8. The van der Waals surface area contributed by atoms with Gasteiger partial charge in [-0.1, -0.05) is 18.2 Å². The Morgan fingerprint density at radius 1 is 0.967 bits per heavy atom. The molecule has 1 fully saturated rings. The number of aromatic nitrogens is 1. The van der Waals surface area contributed by atoms with Crippen LogP contribution in [0, 0.1) is 10.1 Å². The van der Waals surface area contributed by atoms with Gasteiger partial charge in [-0.3, -0.25) is 19.9 Å². The number of para-hydroxylation sites is 1. The van der Waals surface area contributed by atoms with Crippen LogP contribution in [-0.2, 0) is 12.8 Å². The van der Waals surface area contributed by atoms with Crippen molar-refractivity contribution in [3.05, 3.63) is 75.5 Å². The molecule has 152 valence electrons. The molecule has 5 rings (SSSR count). The van der Waals surface area contributed by atoms with Gasteiger partial charge in [0.1, 0.15) is 0 Å². The van der Waals surface area contributed by atoms with E-state index >= 15 is 0 Å². The predicted octanol–water partition coefficient (Wildman–Crippen LogP) is 3.59. The minimum absolute atomic E-state index is 0.0889. The molecule has 0 bridgehead atoms. The lowest BCUT2D eigenvalue weighted by atomic mass is 9.99. The van der Waals surface area contributed by atoms with E-state index in [2.05, 4.69) is 4.90 Å². The number of hydrogen-bond acceptors (Lipinski definition) is 5. The predicted molar refractivity (Wildman–Crippen MR) is 115 cm³/mol. The maximum atomic E-state index is 13.5. The number of aryl methyl sites for hydroxylation is 1. The Balaban J connectivity index is 1.37. The largest absolute Gasteiger partial charge is 0.368 e. The molecule has 0 spiro atoms. The van der Waals surface area contributed by atoms with Gasteiger partial charge in [0.25, 0.3) is 11.6 Å². The molecule has 1 aliphatic carbocycles. The standard InChI is InChI=1S/C23H22N4O3/c28-23(22-18-4-1-2-6-20(18)24-21-7-3-5-19(21)22)26-14-12-25(13-15-26)16-8-10-17(11-9-16)27(29)30/h1-2,4,6,8-11H,3,5,7,12-15H2. The first-order valence-corrected chi connectivity index (χ1v) is 10.3. The zero-order chi connectivity index (χ0) is 20.7. The Morgan fingerprint density at radius 3 is 2.43 bits per heavy atom. The number of fused-ring (bicyclic) bond motifs is 2. The number of nitrogens with zero attached hydrogens (tertiary/aromatic N) is 4. The molecule has 3 aromatic rings. The molecule has 0 atom stereocenters. The van der Waals surface area contributed by atoms with Gasteiger partial charge in [0, 0.05) is 55.1 Å². The summed E-state index contributed by atoms with van der Waals surface area (Å²) in [5.41, 5.74) is 4.95. The fourth-order valence-corrected chi connectivity index (χ4v) is 4.57. The van der Waals surface area contributed by atoms with E-state index in [-0.39, 0.29) is 11.6 Å². The van der Waals surface area contributed by atoms with Crippen LogP contribution in [0.25, 0.3) is 10.9 Å².